The zero-order chi connectivity index (χ0) is 22.5. The van der Waals surface area contributed by atoms with E-state index in [1.807, 2.05) is 0 Å². The smallest absolute Gasteiger partial charge is 0.207 e. The van der Waals surface area contributed by atoms with E-state index >= 15 is 0 Å². The minimum absolute atomic E-state index is 0.0128. The van der Waals surface area contributed by atoms with Gasteiger partial charge in [-0.25, -0.2) is 19.6 Å². The van der Waals surface area contributed by atoms with Gasteiger partial charge in [0.1, 0.15) is 18.0 Å². The Morgan fingerprint density at radius 1 is 1.25 bits per heavy atom. The standard InChI is InChI=1S/C21H23ClFN5O4/c22-16-10-14(2-3-17(16)23)26-21-15-11-19(28(29)30)20(12-18(15)24-13-25-21)32-7-1-4-27-5-8-31-9-6-27/h2-3,10-13,28-29H,1,4-9H2,(H,24,25,26). The predicted molar refractivity (Wildman–Crippen MR) is 117 cm³/mol. The highest BCUT2D eigenvalue weighted by Gasteiger charge is 2.17. The molecule has 1 saturated heterocycles. The van der Waals surface area contributed by atoms with Gasteiger partial charge < -0.3 is 20.0 Å². The van der Waals surface area contributed by atoms with Crippen molar-refractivity contribution in [3.63, 3.8) is 0 Å². The summed E-state index contributed by atoms with van der Waals surface area (Å²) >= 11 is 5.84. The van der Waals surface area contributed by atoms with Crippen LogP contribution in [0.2, 0.25) is 5.02 Å². The molecule has 1 aliphatic heterocycles. The molecule has 0 bridgehead atoms. The number of rotatable bonds is 8. The monoisotopic (exact) mass is 463 g/mol. The summed E-state index contributed by atoms with van der Waals surface area (Å²) in [6.07, 6.45) is 2.12. The van der Waals surface area contributed by atoms with Gasteiger partial charge in [0.05, 0.1) is 30.4 Å². The molecule has 1 fully saturated rings. The Morgan fingerprint density at radius 3 is 2.81 bits per heavy atom. The molecule has 11 heteroatoms. The molecule has 0 amide bonds. The van der Waals surface area contributed by atoms with Crippen molar-refractivity contribution in [3.8, 4) is 5.75 Å². The van der Waals surface area contributed by atoms with Crippen molar-refractivity contribution in [1.29, 1.82) is 0 Å². The molecular weight excluding hydrogens is 441 g/mol. The van der Waals surface area contributed by atoms with E-state index < -0.39 is 11.0 Å². The molecule has 0 aliphatic carbocycles. The van der Waals surface area contributed by atoms with E-state index in [9.17, 15) is 14.8 Å². The van der Waals surface area contributed by atoms with Gasteiger partial charge in [-0.2, -0.15) is 5.23 Å². The Bertz CT molecular complexity index is 1080. The third-order valence-corrected chi connectivity index (χ3v) is 5.42. The van der Waals surface area contributed by atoms with E-state index in [4.69, 9.17) is 21.1 Å². The molecular formula is C21H23ClFN5O4. The van der Waals surface area contributed by atoms with Crippen LogP contribution in [-0.4, -0.2) is 59.5 Å². The maximum atomic E-state index is 13.4. The molecule has 3 N–H and O–H groups in total. The Labute approximate surface area is 188 Å². The van der Waals surface area contributed by atoms with Crippen LogP contribution in [0.4, 0.5) is 21.6 Å². The van der Waals surface area contributed by atoms with Crippen LogP contribution in [0.1, 0.15) is 6.42 Å². The number of benzene rings is 2. The number of aromatic nitrogens is 2. The summed E-state index contributed by atoms with van der Waals surface area (Å²) in [5.74, 6) is 0.0915. The molecule has 0 saturated carbocycles. The van der Waals surface area contributed by atoms with Crippen LogP contribution >= 0.6 is 11.6 Å². The van der Waals surface area contributed by atoms with Crippen LogP contribution < -0.4 is 15.3 Å². The van der Waals surface area contributed by atoms with Gasteiger partial charge in [-0.1, -0.05) is 11.6 Å². The Morgan fingerprint density at radius 2 is 2.06 bits per heavy atom. The molecule has 2 aromatic carbocycles. The third-order valence-electron chi connectivity index (χ3n) is 5.13. The second-order valence-corrected chi connectivity index (χ2v) is 7.71. The quantitative estimate of drug-likeness (QED) is 0.346. The third kappa shape index (κ3) is 5.41. The van der Waals surface area contributed by atoms with E-state index in [1.165, 1.54) is 30.6 Å². The fourth-order valence-electron chi connectivity index (χ4n) is 3.48. The van der Waals surface area contributed by atoms with Crippen molar-refractivity contribution in [2.45, 2.75) is 6.42 Å². The highest BCUT2D eigenvalue weighted by atomic mass is 35.5. The average Bonchev–Trinajstić information content (AvgIpc) is 2.79. The number of fused-ring (bicyclic) bond motifs is 1. The Hall–Kier alpha value is -2.60. The van der Waals surface area contributed by atoms with Gasteiger partial charge in [-0.15, -0.1) is 0 Å². The lowest BCUT2D eigenvalue weighted by Gasteiger charge is -2.26. The van der Waals surface area contributed by atoms with Gasteiger partial charge in [0.2, 0.25) is 5.69 Å². The normalized spacial score (nSPS) is 15.6. The molecule has 2 heterocycles. The first-order valence-electron chi connectivity index (χ1n) is 10.2. The molecule has 1 aliphatic rings. The lowest BCUT2D eigenvalue weighted by Crippen LogP contribution is -2.99. The minimum Gasteiger partial charge on any atom is -0.595 e. The van der Waals surface area contributed by atoms with Crippen molar-refractivity contribution < 1.29 is 24.3 Å². The fraction of sp³-hybridized carbons (Fsp3) is 0.333. The van der Waals surface area contributed by atoms with Gasteiger partial charge in [0.25, 0.3) is 0 Å². The first kappa shape index (κ1) is 22.6. The van der Waals surface area contributed by atoms with Crippen LogP contribution in [0.15, 0.2) is 36.7 Å². The number of anilines is 2. The summed E-state index contributed by atoms with van der Waals surface area (Å²) in [6, 6.07) is 7.24. The van der Waals surface area contributed by atoms with E-state index in [2.05, 4.69) is 20.2 Å². The van der Waals surface area contributed by atoms with Crippen LogP contribution in [0.5, 0.6) is 5.75 Å². The lowest BCUT2D eigenvalue weighted by molar-refractivity contribution is -0.991. The number of ether oxygens (including phenoxy) is 2. The van der Waals surface area contributed by atoms with Crippen molar-refractivity contribution in [3.05, 3.63) is 52.7 Å². The van der Waals surface area contributed by atoms with Gasteiger partial charge in [0, 0.05) is 42.8 Å². The predicted octanol–water partition coefficient (Wildman–Crippen LogP) is 2.67. The van der Waals surface area contributed by atoms with Crippen LogP contribution in [0.3, 0.4) is 0 Å². The average molecular weight is 464 g/mol. The second kappa shape index (κ2) is 10.3. The fourth-order valence-corrected chi connectivity index (χ4v) is 3.66. The van der Waals surface area contributed by atoms with E-state index in [-0.39, 0.29) is 16.5 Å². The summed E-state index contributed by atoms with van der Waals surface area (Å²) in [7, 11) is 0. The Balaban J connectivity index is 1.52. The number of hydrogen-bond donors (Lipinski definition) is 3. The zero-order valence-corrected chi connectivity index (χ0v) is 17.9. The molecule has 0 radical (unpaired) electrons. The van der Waals surface area contributed by atoms with Crippen LogP contribution in [0, 0.1) is 11.0 Å². The maximum Gasteiger partial charge on any atom is 0.207 e. The lowest BCUT2D eigenvalue weighted by atomic mass is 10.2. The number of hydrogen-bond acceptors (Lipinski definition) is 8. The molecule has 1 unspecified atom stereocenters. The van der Waals surface area contributed by atoms with Crippen molar-refractivity contribution in [1.82, 2.24) is 14.9 Å². The number of halogens is 2. The summed E-state index contributed by atoms with van der Waals surface area (Å²) < 4.78 is 24.6. The Kier molecular flexibility index (Phi) is 7.30. The first-order chi connectivity index (χ1) is 15.5. The van der Waals surface area contributed by atoms with E-state index in [0.29, 0.717) is 29.0 Å². The molecule has 32 heavy (non-hydrogen) atoms. The van der Waals surface area contributed by atoms with E-state index in [0.717, 1.165) is 39.3 Å². The SMILES string of the molecule is [O-][NH+](O)c1cc2c(Nc3ccc(F)c(Cl)c3)ncnc2cc1OCCCN1CCOCC1. The maximum absolute atomic E-state index is 13.4. The summed E-state index contributed by atoms with van der Waals surface area (Å²) in [4.78, 5) is 10.7. The highest BCUT2D eigenvalue weighted by molar-refractivity contribution is 6.31. The first-order valence-corrected chi connectivity index (χ1v) is 10.6. The molecule has 3 aromatic rings. The number of quaternary nitrogens is 1. The number of nitrogens with zero attached hydrogens (tertiary/aromatic N) is 3. The van der Waals surface area contributed by atoms with Crippen molar-refractivity contribution >= 4 is 39.7 Å². The minimum atomic E-state index is -1.12. The van der Waals surface area contributed by atoms with Gasteiger partial charge in [0.15, 0.2) is 5.75 Å². The molecule has 170 valence electrons. The van der Waals surface area contributed by atoms with Crippen molar-refractivity contribution in [2.75, 3.05) is 44.8 Å². The largest absolute Gasteiger partial charge is 0.595 e. The topological polar surface area (TPSA) is 107 Å². The number of nitrogens with one attached hydrogen (secondary N) is 2. The summed E-state index contributed by atoms with van der Waals surface area (Å²) in [5.41, 5.74) is 1.04. The molecule has 1 aromatic heterocycles. The van der Waals surface area contributed by atoms with Gasteiger partial charge >= 0.3 is 0 Å². The molecule has 9 nitrogen and oxygen atoms in total. The molecule has 4 rings (SSSR count). The second-order valence-electron chi connectivity index (χ2n) is 7.30. The molecule has 1 atom stereocenters. The van der Waals surface area contributed by atoms with Crippen LogP contribution in [0.25, 0.3) is 10.9 Å². The van der Waals surface area contributed by atoms with E-state index in [1.54, 1.807) is 6.07 Å². The summed E-state index contributed by atoms with van der Waals surface area (Å²) in [5, 5.41) is 24.0. The van der Waals surface area contributed by atoms with Gasteiger partial charge in [-0.3, -0.25) is 4.90 Å². The highest BCUT2D eigenvalue weighted by Crippen LogP contribution is 2.32. The van der Waals surface area contributed by atoms with Gasteiger partial charge in [-0.05, 0) is 24.6 Å². The number of morpholine rings is 1. The van der Waals surface area contributed by atoms with Crippen molar-refractivity contribution in [2.24, 2.45) is 0 Å². The summed E-state index contributed by atoms with van der Waals surface area (Å²) in [6.45, 7) is 4.48. The zero-order valence-electron chi connectivity index (χ0n) is 17.2. The molecule has 0 spiro atoms. The van der Waals surface area contributed by atoms with Crippen LogP contribution in [-0.2, 0) is 4.74 Å².